The minimum Gasteiger partial charge on any atom is -0.279 e. The largest absolute Gasteiger partial charge is 0.279 e. The van der Waals surface area contributed by atoms with E-state index in [0.717, 1.165) is 17.3 Å². The first-order valence-corrected chi connectivity index (χ1v) is 6.15. The molecule has 1 aliphatic carbocycles. The number of hydrogen-bond acceptors (Lipinski definition) is 5. The summed E-state index contributed by atoms with van der Waals surface area (Å²) in [7, 11) is 1.63. The van der Waals surface area contributed by atoms with Gasteiger partial charge in [-0.25, -0.2) is 0 Å². The van der Waals surface area contributed by atoms with Crippen molar-refractivity contribution in [3.05, 3.63) is 16.9 Å². The molecular weight excluding hydrogens is 302 g/mol. The van der Waals surface area contributed by atoms with Gasteiger partial charge in [-0.05, 0) is 34.0 Å². The van der Waals surface area contributed by atoms with Gasteiger partial charge in [-0.1, -0.05) is 5.10 Å². The molecule has 2 aromatic heterocycles. The fraction of sp³-hybridized carbons (Fsp3) is 0.444. The van der Waals surface area contributed by atoms with Crippen LogP contribution >= 0.6 is 15.9 Å². The number of likely N-dealkylation sites (N-methyl/N-ethyl adjacent to an activating group) is 1. The molecule has 0 radical (unpaired) electrons. The Morgan fingerprint density at radius 1 is 1.61 bits per heavy atom. The summed E-state index contributed by atoms with van der Waals surface area (Å²) in [5.41, 5.74) is -0.596. The van der Waals surface area contributed by atoms with Gasteiger partial charge in [0, 0.05) is 13.2 Å². The van der Waals surface area contributed by atoms with Crippen LogP contribution in [-0.4, -0.2) is 43.4 Å². The fourth-order valence-electron chi connectivity index (χ4n) is 1.90. The number of rotatable bonds is 3. The van der Waals surface area contributed by atoms with E-state index in [-0.39, 0.29) is 11.9 Å². The van der Waals surface area contributed by atoms with E-state index in [0.29, 0.717) is 0 Å². The Hall–Kier alpha value is -1.77. The molecule has 0 saturated heterocycles. The third-order valence-electron chi connectivity index (χ3n) is 3.05. The summed E-state index contributed by atoms with van der Waals surface area (Å²) in [5.74, 6) is 0.178. The van der Waals surface area contributed by atoms with Crippen LogP contribution in [0.25, 0.3) is 0 Å². The number of aromatic nitrogens is 6. The van der Waals surface area contributed by atoms with Crippen LogP contribution in [0.2, 0.25) is 0 Å². The minimum atomic E-state index is -0.596. The molecule has 0 aliphatic heterocycles. The van der Waals surface area contributed by atoms with Crippen molar-refractivity contribution >= 4 is 27.8 Å². The van der Waals surface area contributed by atoms with E-state index < -0.39 is 5.54 Å². The summed E-state index contributed by atoms with van der Waals surface area (Å²) in [6.45, 7) is 0. The molecule has 2 aromatic rings. The van der Waals surface area contributed by atoms with Crippen molar-refractivity contribution in [3.63, 3.8) is 0 Å². The molecule has 94 valence electrons. The Kier molecular flexibility index (Phi) is 2.44. The lowest BCUT2D eigenvalue weighted by molar-refractivity contribution is -0.123. The first kappa shape index (κ1) is 11.3. The van der Waals surface area contributed by atoms with Crippen LogP contribution in [0.3, 0.4) is 0 Å². The number of nitrogens with zero attached hydrogens (tertiary/aromatic N) is 6. The molecule has 0 bridgehead atoms. The second-order valence-corrected chi connectivity index (χ2v) is 5.13. The van der Waals surface area contributed by atoms with Crippen LogP contribution in [-0.2, 0) is 10.3 Å². The van der Waals surface area contributed by atoms with Gasteiger partial charge in [-0.3, -0.25) is 14.4 Å². The van der Waals surface area contributed by atoms with Gasteiger partial charge in [0.1, 0.15) is 5.54 Å². The molecule has 0 spiro atoms. The molecule has 1 amide bonds. The summed E-state index contributed by atoms with van der Waals surface area (Å²) in [4.78, 5) is 13.9. The Morgan fingerprint density at radius 2 is 2.39 bits per heavy atom. The number of nitrogens with one attached hydrogen (secondary N) is 1. The van der Waals surface area contributed by atoms with Crippen LogP contribution in [0.15, 0.2) is 16.9 Å². The Balaban J connectivity index is 1.89. The predicted octanol–water partition coefficient (Wildman–Crippen LogP) is 0.311. The van der Waals surface area contributed by atoms with E-state index in [2.05, 4.69) is 41.7 Å². The van der Waals surface area contributed by atoms with Crippen LogP contribution in [0, 0.1) is 0 Å². The second-order valence-electron chi connectivity index (χ2n) is 4.21. The molecule has 0 atom stereocenters. The molecule has 0 aromatic carbocycles. The summed E-state index contributed by atoms with van der Waals surface area (Å²) in [5, 5.41) is 17.6. The maximum absolute atomic E-state index is 12.5. The molecule has 1 saturated carbocycles. The van der Waals surface area contributed by atoms with Crippen molar-refractivity contribution in [2.75, 3.05) is 11.9 Å². The van der Waals surface area contributed by atoms with Gasteiger partial charge in [-0.15, -0.1) is 5.10 Å². The molecule has 1 N–H and O–H groups in total. The lowest BCUT2D eigenvalue weighted by Crippen LogP contribution is -2.41. The Bertz CT molecular complexity index is 574. The SMILES string of the molecule is CN(C(=O)C1(n2cc(Br)cn2)CC1)c1nn[nH]n1. The van der Waals surface area contributed by atoms with Gasteiger partial charge in [0.2, 0.25) is 0 Å². The first-order valence-electron chi connectivity index (χ1n) is 5.36. The van der Waals surface area contributed by atoms with Crippen molar-refractivity contribution in [3.8, 4) is 0 Å². The normalized spacial score (nSPS) is 16.6. The number of carbonyl (C=O) groups is 1. The zero-order valence-corrected chi connectivity index (χ0v) is 11.1. The van der Waals surface area contributed by atoms with E-state index in [1.807, 2.05) is 0 Å². The van der Waals surface area contributed by atoms with E-state index in [4.69, 9.17) is 0 Å². The summed E-state index contributed by atoms with van der Waals surface area (Å²) in [6, 6.07) is 0. The van der Waals surface area contributed by atoms with Gasteiger partial charge in [0.15, 0.2) is 0 Å². The first-order chi connectivity index (χ1) is 8.63. The molecule has 8 nitrogen and oxygen atoms in total. The predicted molar refractivity (Wildman–Crippen MR) is 64.7 cm³/mol. The molecule has 9 heteroatoms. The highest BCUT2D eigenvalue weighted by atomic mass is 79.9. The van der Waals surface area contributed by atoms with Crippen LogP contribution < -0.4 is 4.90 Å². The summed E-state index contributed by atoms with van der Waals surface area (Å²) >= 11 is 3.33. The fourth-order valence-corrected chi connectivity index (χ4v) is 2.18. The molecule has 1 fully saturated rings. The maximum Gasteiger partial charge on any atom is 0.272 e. The van der Waals surface area contributed by atoms with Gasteiger partial charge in [0.25, 0.3) is 11.9 Å². The summed E-state index contributed by atoms with van der Waals surface area (Å²) < 4.78 is 2.54. The zero-order valence-electron chi connectivity index (χ0n) is 9.54. The Morgan fingerprint density at radius 3 is 2.89 bits per heavy atom. The number of carbonyl (C=O) groups excluding carboxylic acids is 1. The smallest absolute Gasteiger partial charge is 0.272 e. The highest BCUT2D eigenvalue weighted by molar-refractivity contribution is 9.10. The van der Waals surface area contributed by atoms with Gasteiger partial charge in [0.05, 0.1) is 10.7 Å². The van der Waals surface area contributed by atoms with Crippen molar-refractivity contribution in [1.29, 1.82) is 0 Å². The zero-order chi connectivity index (χ0) is 12.8. The van der Waals surface area contributed by atoms with E-state index >= 15 is 0 Å². The molecular formula is C9H10BrN7O. The third kappa shape index (κ3) is 1.62. The number of hydrogen-bond donors (Lipinski definition) is 1. The maximum atomic E-state index is 12.5. The quantitative estimate of drug-likeness (QED) is 0.880. The van der Waals surface area contributed by atoms with E-state index in [9.17, 15) is 4.79 Å². The second kappa shape index (κ2) is 3.87. The van der Waals surface area contributed by atoms with E-state index in [1.165, 1.54) is 4.90 Å². The number of amides is 1. The minimum absolute atomic E-state index is 0.0838. The van der Waals surface area contributed by atoms with E-state index in [1.54, 1.807) is 24.1 Å². The van der Waals surface area contributed by atoms with Gasteiger partial charge >= 0.3 is 0 Å². The standard InChI is InChI=1S/C9H10BrN7O/c1-16(8-12-14-15-13-8)7(18)9(2-3-9)17-5-6(10)4-11-17/h4-5H,2-3H2,1H3,(H,12,13,14,15). The molecule has 0 unspecified atom stereocenters. The number of tetrazole rings is 1. The van der Waals surface area contributed by atoms with Crippen molar-refractivity contribution in [2.45, 2.75) is 18.4 Å². The van der Waals surface area contributed by atoms with Crippen LogP contribution in [0.4, 0.5) is 5.95 Å². The number of H-pyrrole nitrogens is 1. The van der Waals surface area contributed by atoms with Gasteiger partial charge in [-0.2, -0.15) is 10.3 Å². The Labute approximate surface area is 110 Å². The summed E-state index contributed by atoms with van der Waals surface area (Å²) in [6.07, 6.45) is 5.00. The number of anilines is 1. The molecule has 2 heterocycles. The molecule has 1 aliphatic rings. The number of halogens is 1. The molecule has 3 rings (SSSR count). The number of aromatic amines is 1. The van der Waals surface area contributed by atoms with Crippen molar-refractivity contribution < 1.29 is 4.79 Å². The lowest BCUT2D eigenvalue weighted by Gasteiger charge is -2.20. The van der Waals surface area contributed by atoms with Crippen molar-refractivity contribution in [2.24, 2.45) is 0 Å². The van der Waals surface area contributed by atoms with Crippen molar-refractivity contribution in [1.82, 2.24) is 30.4 Å². The average Bonchev–Trinajstić information content (AvgIpc) is 2.79. The van der Waals surface area contributed by atoms with Crippen LogP contribution in [0.1, 0.15) is 12.8 Å². The third-order valence-corrected chi connectivity index (χ3v) is 3.46. The van der Waals surface area contributed by atoms with Gasteiger partial charge < -0.3 is 0 Å². The van der Waals surface area contributed by atoms with Crippen LogP contribution in [0.5, 0.6) is 0 Å². The monoisotopic (exact) mass is 311 g/mol. The highest BCUT2D eigenvalue weighted by Crippen LogP contribution is 2.45. The average molecular weight is 312 g/mol. The molecule has 18 heavy (non-hydrogen) atoms. The highest BCUT2D eigenvalue weighted by Gasteiger charge is 2.54. The topological polar surface area (TPSA) is 92.6 Å². The lowest BCUT2D eigenvalue weighted by atomic mass is 10.2.